The van der Waals surface area contributed by atoms with Crippen molar-refractivity contribution in [3.8, 4) is 28.7 Å². The Bertz CT molecular complexity index is 1000. The van der Waals surface area contributed by atoms with Crippen molar-refractivity contribution in [2.45, 2.75) is 6.42 Å². The summed E-state index contributed by atoms with van der Waals surface area (Å²) >= 11 is 0. The van der Waals surface area contributed by atoms with E-state index in [1.54, 1.807) is 24.3 Å². The predicted molar refractivity (Wildman–Crippen MR) is 98.5 cm³/mol. The molecule has 0 unspecified atom stereocenters. The first-order valence-corrected chi connectivity index (χ1v) is 7.95. The van der Waals surface area contributed by atoms with E-state index in [0.29, 0.717) is 17.0 Å². The lowest BCUT2D eigenvalue weighted by atomic mass is 10.0. The molecule has 1 N–H and O–H groups in total. The van der Waals surface area contributed by atoms with Gasteiger partial charge in [-0.05, 0) is 12.0 Å². The van der Waals surface area contributed by atoms with Crippen LogP contribution >= 0.6 is 0 Å². The van der Waals surface area contributed by atoms with Gasteiger partial charge in [-0.15, -0.1) is 6.58 Å². The van der Waals surface area contributed by atoms with Crippen molar-refractivity contribution >= 4 is 5.97 Å². The number of aromatic carboxylic acids is 1. The van der Waals surface area contributed by atoms with E-state index in [1.165, 1.54) is 0 Å². The number of hydrogen-bond donors (Lipinski definition) is 1. The molecule has 0 radical (unpaired) electrons. The molecule has 0 aliphatic rings. The average Bonchev–Trinajstić information content (AvgIpc) is 2.68. The second kappa shape index (κ2) is 7.41. The highest BCUT2D eigenvalue weighted by atomic mass is 16.4. The smallest absolute Gasteiger partial charge is 0.340 e. The van der Waals surface area contributed by atoms with Crippen LogP contribution in [0.15, 0.2) is 67.3 Å². The Morgan fingerprint density at radius 2 is 1.77 bits per heavy atom. The minimum Gasteiger partial charge on any atom is -0.478 e. The van der Waals surface area contributed by atoms with E-state index in [0.717, 1.165) is 12.0 Å². The third-order valence-corrected chi connectivity index (χ3v) is 3.87. The van der Waals surface area contributed by atoms with Crippen molar-refractivity contribution in [3.63, 3.8) is 0 Å². The molecule has 0 fully saturated rings. The van der Waals surface area contributed by atoms with Gasteiger partial charge in [0.15, 0.2) is 11.5 Å². The molecule has 1 heterocycles. The van der Waals surface area contributed by atoms with Gasteiger partial charge in [0.05, 0.1) is 5.69 Å². The highest BCUT2D eigenvalue weighted by molar-refractivity contribution is 5.97. The largest absolute Gasteiger partial charge is 0.478 e. The first-order chi connectivity index (χ1) is 12.6. The number of carboxylic acids is 1. The summed E-state index contributed by atoms with van der Waals surface area (Å²) in [5.74, 6) is -0.913. The third kappa shape index (κ3) is 3.35. The number of rotatable bonds is 5. The minimum absolute atomic E-state index is 0.156. The van der Waals surface area contributed by atoms with E-state index in [4.69, 9.17) is 0 Å². The molecule has 0 aliphatic heterocycles. The molecule has 3 aromatic rings. The maximum atomic E-state index is 11.7. The summed E-state index contributed by atoms with van der Waals surface area (Å²) in [5, 5.41) is 19.0. The van der Waals surface area contributed by atoms with Crippen molar-refractivity contribution in [1.29, 1.82) is 5.26 Å². The molecule has 1 aromatic heterocycles. The van der Waals surface area contributed by atoms with Crippen LogP contribution in [0.5, 0.6) is 0 Å². The topological polar surface area (TPSA) is 86.9 Å². The van der Waals surface area contributed by atoms with Crippen molar-refractivity contribution in [1.82, 2.24) is 9.97 Å². The molecular formula is C21H15N3O2. The van der Waals surface area contributed by atoms with E-state index in [9.17, 15) is 15.2 Å². The molecular weight excluding hydrogens is 326 g/mol. The number of benzene rings is 2. The van der Waals surface area contributed by atoms with Crippen LogP contribution in [0.25, 0.3) is 22.6 Å². The fraction of sp³-hybridized carbons (Fsp3) is 0.0476. The van der Waals surface area contributed by atoms with Gasteiger partial charge in [0, 0.05) is 11.1 Å². The first-order valence-electron chi connectivity index (χ1n) is 7.95. The van der Waals surface area contributed by atoms with Crippen molar-refractivity contribution < 1.29 is 9.90 Å². The van der Waals surface area contributed by atoms with E-state index in [2.05, 4.69) is 16.5 Å². The number of nitriles is 1. The third-order valence-electron chi connectivity index (χ3n) is 3.87. The summed E-state index contributed by atoms with van der Waals surface area (Å²) in [6, 6.07) is 18.4. The van der Waals surface area contributed by atoms with Gasteiger partial charge >= 0.3 is 5.97 Å². The number of nitrogens with zero attached hydrogens (tertiary/aromatic N) is 3. The molecule has 126 valence electrons. The van der Waals surface area contributed by atoms with E-state index < -0.39 is 5.97 Å². The van der Waals surface area contributed by atoms with Gasteiger partial charge in [-0.1, -0.05) is 60.7 Å². The lowest BCUT2D eigenvalue weighted by Gasteiger charge is -2.10. The molecule has 26 heavy (non-hydrogen) atoms. The maximum Gasteiger partial charge on any atom is 0.340 e. The zero-order chi connectivity index (χ0) is 18.5. The van der Waals surface area contributed by atoms with Crippen molar-refractivity contribution in [2.75, 3.05) is 0 Å². The summed E-state index contributed by atoms with van der Waals surface area (Å²) in [5.41, 5.74) is 2.31. The molecule has 0 amide bonds. The first kappa shape index (κ1) is 17.1. The maximum absolute atomic E-state index is 11.7. The number of hydrogen-bond acceptors (Lipinski definition) is 4. The summed E-state index contributed by atoms with van der Waals surface area (Å²) in [6.45, 7) is 3.71. The van der Waals surface area contributed by atoms with Gasteiger partial charge in [0.2, 0.25) is 0 Å². The van der Waals surface area contributed by atoms with E-state index >= 15 is 0 Å². The minimum atomic E-state index is -1.23. The lowest BCUT2D eigenvalue weighted by molar-refractivity contribution is 0.0696. The molecule has 3 rings (SSSR count). The molecule has 0 aliphatic carbocycles. The summed E-state index contributed by atoms with van der Waals surface area (Å²) in [4.78, 5) is 20.3. The molecule has 5 nitrogen and oxygen atoms in total. The van der Waals surface area contributed by atoms with Crippen LogP contribution in [-0.4, -0.2) is 21.0 Å². The average molecular weight is 341 g/mol. The summed E-state index contributed by atoms with van der Waals surface area (Å²) in [7, 11) is 0. The fourth-order valence-corrected chi connectivity index (χ4v) is 2.63. The Balaban J connectivity index is 2.20. The predicted octanol–water partition coefficient (Wildman–Crippen LogP) is 4.11. The SMILES string of the molecule is C=CCc1ccc(-c2nc(C#N)c(C(=O)O)c(-c3ccccc3)n2)cc1. The Hall–Kier alpha value is -3.78. The second-order valence-electron chi connectivity index (χ2n) is 5.59. The molecule has 0 spiro atoms. The Labute approximate surface area is 150 Å². The van der Waals surface area contributed by atoms with Crippen LogP contribution in [0.1, 0.15) is 21.6 Å². The van der Waals surface area contributed by atoms with Gasteiger partial charge < -0.3 is 5.11 Å². The van der Waals surface area contributed by atoms with Crippen LogP contribution in [0.3, 0.4) is 0 Å². The van der Waals surface area contributed by atoms with Crippen molar-refractivity contribution in [3.05, 3.63) is 84.1 Å². The van der Waals surface area contributed by atoms with Crippen LogP contribution in [-0.2, 0) is 6.42 Å². The highest BCUT2D eigenvalue weighted by Crippen LogP contribution is 2.27. The lowest BCUT2D eigenvalue weighted by Crippen LogP contribution is -2.09. The number of aromatic nitrogens is 2. The molecule has 2 aromatic carbocycles. The second-order valence-corrected chi connectivity index (χ2v) is 5.59. The summed E-state index contributed by atoms with van der Waals surface area (Å²) < 4.78 is 0. The molecule has 0 saturated carbocycles. The van der Waals surface area contributed by atoms with E-state index in [1.807, 2.05) is 42.5 Å². The zero-order valence-corrected chi connectivity index (χ0v) is 13.9. The standard InChI is InChI=1S/C21H15N3O2/c1-2-6-14-9-11-16(12-10-14)20-23-17(13-22)18(21(25)26)19(24-20)15-7-4-3-5-8-15/h2-5,7-12H,1,6H2,(H,25,26). The van der Waals surface area contributed by atoms with E-state index in [-0.39, 0.29) is 17.0 Å². The highest BCUT2D eigenvalue weighted by Gasteiger charge is 2.22. The fourth-order valence-electron chi connectivity index (χ4n) is 2.63. The van der Waals surface area contributed by atoms with Crippen LogP contribution in [0.4, 0.5) is 0 Å². The molecule has 5 heteroatoms. The normalized spacial score (nSPS) is 10.1. The summed E-state index contributed by atoms with van der Waals surface area (Å²) in [6.07, 6.45) is 2.56. The Morgan fingerprint density at radius 1 is 1.08 bits per heavy atom. The van der Waals surface area contributed by atoms with Gasteiger partial charge in [-0.3, -0.25) is 0 Å². The molecule has 0 saturated heterocycles. The number of allylic oxidation sites excluding steroid dienone is 1. The van der Waals surface area contributed by atoms with Crippen molar-refractivity contribution in [2.24, 2.45) is 0 Å². The van der Waals surface area contributed by atoms with Crippen LogP contribution in [0, 0.1) is 11.3 Å². The Kier molecular flexibility index (Phi) is 4.86. The van der Waals surface area contributed by atoms with Gasteiger partial charge in [-0.2, -0.15) is 5.26 Å². The Morgan fingerprint density at radius 3 is 2.35 bits per heavy atom. The van der Waals surface area contributed by atoms with Gasteiger partial charge in [0.25, 0.3) is 0 Å². The van der Waals surface area contributed by atoms with Gasteiger partial charge in [-0.25, -0.2) is 14.8 Å². The number of carbonyl (C=O) groups is 1. The van der Waals surface area contributed by atoms with Crippen LogP contribution in [0.2, 0.25) is 0 Å². The van der Waals surface area contributed by atoms with Crippen LogP contribution < -0.4 is 0 Å². The number of carboxylic acid groups (broad SMARTS) is 1. The molecule has 0 bridgehead atoms. The van der Waals surface area contributed by atoms with Gasteiger partial charge in [0.1, 0.15) is 11.6 Å². The quantitative estimate of drug-likeness (QED) is 0.706. The monoisotopic (exact) mass is 341 g/mol. The zero-order valence-electron chi connectivity index (χ0n) is 13.9. The molecule has 0 atom stereocenters.